The van der Waals surface area contributed by atoms with Crippen molar-refractivity contribution < 1.29 is 9.53 Å². The fourth-order valence-electron chi connectivity index (χ4n) is 2.89. The molecular weight excluding hydrogens is 266 g/mol. The van der Waals surface area contributed by atoms with Crippen molar-refractivity contribution in [3.05, 3.63) is 47.7 Å². The van der Waals surface area contributed by atoms with Crippen molar-refractivity contribution in [2.24, 2.45) is 0 Å². The van der Waals surface area contributed by atoms with Gasteiger partial charge in [0, 0.05) is 19.2 Å². The Labute approximate surface area is 123 Å². The van der Waals surface area contributed by atoms with Gasteiger partial charge in [-0.15, -0.1) is 0 Å². The number of rotatable bonds is 3. The number of piperidine rings is 1. The Hall–Kier alpha value is -2.30. The summed E-state index contributed by atoms with van der Waals surface area (Å²) in [5.41, 5.74) is 1.91. The lowest BCUT2D eigenvalue weighted by Gasteiger charge is -2.32. The molecule has 0 spiro atoms. The summed E-state index contributed by atoms with van der Waals surface area (Å²) in [4.78, 5) is 13.8. The number of H-pyrrole nitrogens is 1. The van der Waals surface area contributed by atoms with Gasteiger partial charge >= 0.3 is 5.97 Å². The summed E-state index contributed by atoms with van der Waals surface area (Å²) >= 11 is 0. The van der Waals surface area contributed by atoms with Crippen LogP contribution in [0.3, 0.4) is 0 Å². The largest absolute Gasteiger partial charge is 0.465 e. The van der Waals surface area contributed by atoms with Gasteiger partial charge in [-0.1, -0.05) is 12.1 Å². The van der Waals surface area contributed by atoms with Crippen LogP contribution in [0.2, 0.25) is 0 Å². The average molecular weight is 285 g/mol. The first-order chi connectivity index (χ1) is 10.3. The zero-order chi connectivity index (χ0) is 14.7. The lowest BCUT2D eigenvalue weighted by Crippen LogP contribution is -2.33. The van der Waals surface area contributed by atoms with E-state index < -0.39 is 0 Å². The summed E-state index contributed by atoms with van der Waals surface area (Å²) in [6.07, 6.45) is 4.00. The third-order valence-electron chi connectivity index (χ3n) is 4.12. The molecule has 5 nitrogen and oxygen atoms in total. The monoisotopic (exact) mass is 285 g/mol. The van der Waals surface area contributed by atoms with Crippen LogP contribution in [0.4, 0.5) is 5.82 Å². The molecule has 2 heterocycles. The highest BCUT2D eigenvalue weighted by Crippen LogP contribution is 2.29. The molecule has 0 aliphatic carbocycles. The number of aromatic amines is 1. The maximum absolute atomic E-state index is 11.4. The van der Waals surface area contributed by atoms with Crippen LogP contribution in [0, 0.1) is 0 Å². The molecule has 0 saturated carbocycles. The van der Waals surface area contributed by atoms with Crippen LogP contribution in [0.5, 0.6) is 0 Å². The Kier molecular flexibility index (Phi) is 3.90. The van der Waals surface area contributed by atoms with Gasteiger partial charge in [0.25, 0.3) is 0 Å². The second kappa shape index (κ2) is 5.99. The van der Waals surface area contributed by atoms with Gasteiger partial charge in [-0.05, 0) is 36.5 Å². The first kappa shape index (κ1) is 13.7. The summed E-state index contributed by atoms with van der Waals surface area (Å²) in [7, 11) is 1.40. The molecule has 0 bridgehead atoms. The number of carbonyl (C=O) groups excluding carboxylic acids is 1. The third kappa shape index (κ3) is 2.91. The number of nitrogens with one attached hydrogen (secondary N) is 1. The van der Waals surface area contributed by atoms with Crippen LogP contribution in [0.1, 0.15) is 34.7 Å². The van der Waals surface area contributed by atoms with Crippen LogP contribution in [-0.4, -0.2) is 36.4 Å². The van der Waals surface area contributed by atoms with Gasteiger partial charge in [0.15, 0.2) is 0 Å². The molecule has 1 aliphatic rings. The van der Waals surface area contributed by atoms with Gasteiger partial charge in [-0.25, -0.2) is 4.79 Å². The topological polar surface area (TPSA) is 58.2 Å². The predicted octanol–water partition coefficient (Wildman–Crippen LogP) is 2.58. The fourth-order valence-corrected chi connectivity index (χ4v) is 2.89. The molecule has 21 heavy (non-hydrogen) atoms. The Bertz CT molecular complexity index is 584. The fraction of sp³-hybridized carbons (Fsp3) is 0.375. The van der Waals surface area contributed by atoms with Gasteiger partial charge in [-0.3, -0.25) is 5.10 Å². The van der Waals surface area contributed by atoms with E-state index in [4.69, 9.17) is 4.74 Å². The number of nitrogens with zero attached hydrogens (tertiary/aromatic N) is 2. The Morgan fingerprint density at radius 2 is 1.95 bits per heavy atom. The molecule has 1 saturated heterocycles. The van der Waals surface area contributed by atoms with Gasteiger partial charge in [0.1, 0.15) is 5.82 Å². The van der Waals surface area contributed by atoms with Crippen molar-refractivity contribution in [1.82, 2.24) is 10.2 Å². The van der Waals surface area contributed by atoms with Crippen molar-refractivity contribution in [3.8, 4) is 0 Å². The quantitative estimate of drug-likeness (QED) is 0.881. The molecule has 1 aliphatic heterocycles. The average Bonchev–Trinajstić information content (AvgIpc) is 3.09. The lowest BCUT2D eigenvalue weighted by atomic mass is 9.89. The van der Waals surface area contributed by atoms with Crippen molar-refractivity contribution >= 4 is 11.8 Å². The Morgan fingerprint density at radius 1 is 1.24 bits per heavy atom. The second-order valence-corrected chi connectivity index (χ2v) is 5.32. The highest BCUT2D eigenvalue weighted by molar-refractivity contribution is 5.89. The molecule has 0 atom stereocenters. The zero-order valence-electron chi connectivity index (χ0n) is 12.1. The third-order valence-corrected chi connectivity index (χ3v) is 4.12. The molecule has 1 fully saturated rings. The Morgan fingerprint density at radius 3 is 2.52 bits per heavy atom. The Balaban J connectivity index is 1.63. The first-order valence-corrected chi connectivity index (χ1v) is 7.20. The number of ether oxygens (including phenoxy) is 1. The standard InChI is InChI=1S/C16H19N3O2/c1-21-16(20)14-4-2-12(3-5-14)13-7-10-19(11-8-13)15-6-9-17-18-15/h2-6,9,13H,7-8,10-11H2,1H3,(H,17,18). The summed E-state index contributed by atoms with van der Waals surface area (Å²) < 4.78 is 4.72. The summed E-state index contributed by atoms with van der Waals surface area (Å²) in [5.74, 6) is 1.36. The molecule has 2 aromatic rings. The molecule has 0 unspecified atom stereocenters. The van der Waals surface area contributed by atoms with Crippen molar-refractivity contribution in [2.45, 2.75) is 18.8 Å². The zero-order valence-corrected chi connectivity index (χ0v) is 12.1. The summed E-state index contributed by atoms with van der Waals surface area (Å²) in [5, 5.41) is 7.01. The highest BCUT2D eigenvalue weighted by Gasteiger charge is 2.21. The molecule has 5 heteroatoms. The number of hydrogen-bond donors (Lipinski definition) is 1. The van der Waals surface area contributed by atoms with E-state index in [0.717, 1.165) is 31.7 Å². The van der Waals surface area contributed by atoms with Gasteiger partial charge in [-0.2, -0.15) is 5.10 Å². The van der Waals surface area contributed by atoms with Crippen LogP contribution < -0.4 is 4.90 Å². The molecule has 110 valence electrons. The molecule has 0 radical (unpaired) electrons. The number of carbonyl (C=O) groups is 1. The number of methoxy groups -OCH3 is 1. The van der Waals surface area contributed by atoms with Gasteiger partial charge in [0.05, 0.1) is 18.9 Å². The SMILES string of the molecule is COC(=O)c1ccc(C2CCN(c3ccn[nH]3)CC2)cc1. The van der Waals surface area contributed by atoms with Crippen molar-refractivity contribution in [2.75, 3.05) is 25.1 Å². The number of anilines is 1. The minimum absolute atomic E-state index is 0.282. The second-order valence-electron chi connectivity index (χ2n) is 5.32. The van der Waals surface area contributed by atoms with E-state index in [2.05, 4.69) is 15.1 Å². The predicted molar refractivity (Wildman–Crippen MR) is 80.6 cm³/mol. The summed E-state index contributed by atoms with van der Waals surface area (Å²) in [6, 6.07) is 9.79. The maximum Gasteiger partial charge on any atom is 0.337 e. The van der Waals surface area contributed by atoms with E-state index in [1.165, 1.54) is 12.7 Å². The maximum atomic E-state index is 11.4. The first-order valence-electron chi connectivity index (χ1n) is 7.20. The van der Waals surface area contributed by atoms with Gasteiger partial charge < -0.3 is 9.64 Å². The smallest absolute Gasteiger partial charge is 0.337 e. The molecular formula is C16H19N3O2. The molecule has 3 rings (SSSR count). The molecule has 1 aromatic heterocycles. The number of hydrogen-bond acceptors (Lipinski definition) is 4. The number of aromatic nitrogens is 2. The van der Waals surface area contributed by atoms with Crippen LogP contribution in [0.15, 0.2) is 36.5 Å². The van der Waals surface area contributed by atoms with Crippen molar-refractivity contribution in [1.29, 1.82) is 0 Å². The molecule has 0 amide bonds. The van der Waals surface area contributed by atoms with E-state index in [9.17, 15) is 4.79 Å². The minimum atomic E-state index is -0.282. The highest BCUT2D eigenvalue weighted by atomic mass is 16.5. The van der Waals surface area contributed by atoms with Crippen LogP contribution in [0.25, 0.3) is 0 Å². The lowest BCUT2D eigenvalue weighted by molar-refractivity contribution is 0.0600. The molecule has 1 N–H and O–H groups in total. The van der Waals surface area contributed by atoms with E-state index in [0.29, 0.717) is 11.5 Å². The number of benzene rings is 1. The summed E-state index contributed by atoms with van der Waals surface area (Å²) in [6.45, 7) is 2.04. The van der Waals surface area contributed by atoms with Crippen molar-refractivity contribution in [3.63, 3.8) is 0 Å². The van der Waals surface area contributed by atoms with Gasteiger partial charge in [0.2, 0.25) is 0 Å². The van der Waals surface area contributed by atoms with Crippen LogP contribution in [-0.2, 0) is 4.74 Å². The van der Waals surface area contributed by atoms with Crippen LogP contribution >= 0.6 is 0 Å². The van der Waals surface area contributed by atoms with E-state index in [1.807, 2.05) is 30.3 Å². The molecule has 1 aromatic carbocycles. The number of esters is 1. The van der Waals surface area contributed by atoms with E-state index in [-0.39, 0.29) is 5.97 Å². The van der Waals surface area contributed by atoms with E-state index in [1.54, 1.807) is 6.20 Å². The minimum Gasteiger partial charge on any atom is -0.465 e. The normalized spacial score (nSPS) is 16.0. The van der Waals surface area contributed by atoms with E-state index >= 15 is 0 Å².